The Hall–Kier alpha value is -2.63. The minimum absolute atomic E-state index is 0.347. The summed E-state index contributed by atoms with van der Waals surface area (Å²) in [6, 6.07) is 8.79. The van der Waals surface area contributed by atoms with Gasteiger partial charge in [-0.3, -0.25) is 9.89 Å². The number of carbonyl (C=O) groups is 2. The van der Waals surface area contributed by atoms with Crippen LogP contribution in [0.4, 0.5) is 5.82 Å². The molecule has 0 saturated heterocycles. The van der Waals surface area contributed by atoms with Crippen LogP contribution in [0.25, 0.3) is 0 Å². The van der Waals surface area contributed by atoms with E-state index in [4.69, 9.17) is 4.74 Å². The van der Waals surface area contributed by atoms with Crippen molar-refractivity contribution in [2.75, 3.05) is 11.9 Å². The molecule has 1 aromatic carbocycles. The van der Waals surface area contributed by atoms with Gasteiger partial charge >= 0.3 is 5.97 Å². The second kappa shape index (κ2) is 6.69. The molecule has 0 radical (unpaired) electrons. The van der Waals surface area contributed by atoms with Crippen LogP contribution in [-0.2, 0) is 16.0 Å². The third-order valence-corrected chi connectivity index (χ3v) is 2.91. The van der Waals surface area contributed by atoms with Crippen molar-refractivity contribution in [3.8, 4) is 0 Å². The Morgan fingerprint density at radius 2 is 2.00 bits per heavy atom. The molecule has 0 aliphatic heterocycles. The maximum absolute atomic E-state index is 11.8. The van der Waals surface area contributed by atoms with Gasteiger partial charge < -0.3 is 10.1 Å². The number of H-pyrrole nitrogens is 1. The van der Waals surface area contributed by atoms with E-state index < -0.39 is 11.9 Å². The molecule has 0 aliphatic rings. The first-order chi connectivity index (χ1) is 10.1. The normalized spacial score (nSPS) is 10.2. The molecule has 0 spiro atoms. The Morgan fingerprint density at radius 1 is 1.29 bits per heavy atom. The lowest BCUT2D eigenvalue weighted by Crippen LogP contribution is -2.21. The number of rotatable bonds is 5. The van der Waals surface area contributed by atoms with Crippen LogP contribution in [0.5, 0.6) is 0 Å². The molecular formula is C15H17N3O3. The van der Waals surface area contributed by atoms with Crippen LogP contribution in [0.1, 0.15) is 28.5 Å². The maximum atomic E-state index is 11.8. The summed E-state index contributed by atoms with van der Waals surface area (Å²) in [5, 5.41) is 9.09. The minimum atomic E-state index is -0.522. The topological polar surface area (TPSA) is 84.1 Å². The zero-order chi connectivity index (χ0) is 15.2. The van der Waals surface area contributed by atoms with Gasteiger partial charge in [-0.25, -0.2) is 4.79 Å². The van der Waals surface area contributed by atoms with E-state index in [2.05, 4.69) is 15.5 Å². The summed E-state index contributed by atoms with van der Waals surface area (Å²) in [5.41, 5.74) is 2.40. The summed E-state index contributed by atoms with van der Waals surface area (Å²) in [7, 11) is 0. The van der Waals surface area contributed by atoms with E-state index in [1.807, 2.05) is 26.0 Å². The van der Waals surface area contributed by atoms with Gasteiger partial charge in [0.25, 0.3) is 5.91 Å². The number of hydrogen-bond acceptors (Lipinski definition) is 4. The van der Waals surface area contributed by atoms with E-state index in [9.17, 15) is 9.59 Å². The number of carbonyl (C=O) groups excluding carboxylic acids is 2. The van der Waals surface area contributed by atoms with Gasteiger partial charge in [-0.15, -0.1) is 0 Å². The van der Waals surface area contributed by atoms with Crippen LogP contribution in [-0.4, -0.2) is 28.7 Å². The fourth-order valence-electron chi connectivity index (χ4n) is 1.75. The third-order valence-electron chi connectivity index (χ3n) is 2.91. The Morgan fingerprint density at radius 3 is 2.57 bits per heavy atom. The summed E-state index contributed by atoms with van der Waals surface area (Å²) in [5.74, 6) is -0.549. The number of aromatic nitrogens is 2. The van der Waals surface area contributed by atoms with Crippen LogP contribution in [0.15, 0.2) is 30.3 Å². The molecular weight excluding hydrogens is 270 g/mol. The van der Waals surface area contributed by atoms with E-state index in [1.165, 1.54) is 0 Å². The third kappa shape index (κ3) is 4.17. The molecule has 6 nitrogen and oxygen atoms in total. The van der Waals surface area contributed by atoms with E-state index in [0.29, 0.717) is 11.4 Å². The largest absolute Gasteiger partial charge is 0.452 e. The van der Waals surface area contributed by atoms with Gasteiger partial charge in [0.2, 0.25) is 0 Å². The second-order valence-electron chi connectivity index (χ2n) is 4.61. The van der Waals surface area contributed by atoms with Gasteiger partial charge in [-0.1, -0.05) is 19.1 Å². The number of aromatic amines is 1. The van der Waals surface area contributed by atoms with Crippen LogP contribution in [0, 0.1) is 6.92 Å². The molecule has 0 bridgehead atoms. The monoisotopic (exact) mass is 287 g/mol. The standard InChI is InChI=1S/C15H17N3O3/c1-3-11-4-6-12(7-5-11)15(20)21-9-14(19)16-13-8-10(2)17-18-13/h4-8H,3,9H2,1-2H3,(H2,16,17,18,19). The summed E-state index contributed by atoms with van der Waals surface area (Å²) in [6.07, 6.45) is 0.904. The van der Waals surface area contributed by atoms with Crippen molar-refractivity contribution in [1.29, 1.82) is 0 Å². The number of amides is 1. The predicted octanol–water partition coefficient (Wildman–Crippen LogP) is 2.08. The molecule has 0 saturated carbocycles. The highest BCUT2D eigenvalue weighted by atomic mass is 16.5. The van der Waals surface area contributed by atoms with Crippen LogP contribution >= 0.6 is 0 Å². The first-order valence-electron chi connectivity index (χ1n) is 6.66. The van der Waals surface area contributed by atoms with E-state index in [-0.39, 0.29) is 6.61 Å². The summed E-state index contributed by atoms with van der Waals surface area (Å²) in [4.78, 5) is 23.4. The molecule has 0 aliphatic carbocycles. The number of benzene rings is 1. The Bertz CT molecular complexity index is 632. The fourth-order valence-corrected chi connectivity index (χ4v) is 1.75. The SMILES string of the molecule is CCc1ccc(C(=O)OCC(=O)Nc2cc(C)[nH]n2)cc1. The van der Waals surface area contributed by atoms with Crippen molar-refractivity contribution in [1.82, 2.24) is 10.2 Å². The lowest BCUT2D eigenvalue weighted by Gasteiger charge is -2.05. The number of hydrogen-bond donors (Lipinski definition) is 2. The van der Waals surface area contributed by atoms with Crippen LogP contribution in [0.2, 0.25) is 0 Å². The van der Waals surface area contributed by atoms with Crippen molar-refractivity contribution in [3.05, 3.63) is 47.2 Å². The molecule has 21 heavy (non-hydrogen) atoms. The predicted molar refractivity (Wildman–Crippen MR) is 78.1 cm³/mol. The molecule has 2 aromatic rings. The zero-order valence-corrected chi connectivity index (χ0v) is 12.0. The highest BCUT2D eigenvalue weighted by molar-refractivity contribution is 5.95. The van der Waals surface area contributed by atoms with Crippen molar-refractivity contribution >= 4 is 17.7 Å². The smallest absolute Gasteiger partial charge is 0.338 e. The Labute approximate surface area is 122 Å². The Balaban J connectivity index is 1.83. The number of ether oxygens (including phenoxy) is 1. The first kappa shape index (κ1) is 14.8. The van der Waals surface area contributed by atoms with Gasteiger partial charge in [0.1, 0.15) is 0 Å². The number of nitrogens with zero attached hydrogens (tertiary/aromatic N) is 1. The molecule has 0 unspecified atom stereocenters. The number of aryl methyl sites for hydroxylation is 2. The summed E-state index contributed by atoms with van der Waals surface area (Å²) in [6.45, 7) is 3.51. The van der Waals surface area contributed by atoms with Crippen LogP contribution < -0.4 is 5.32 Å². The van der Waals surface area contributed by atoms with E-state index >= 15 is 0 Å². The van der Waals surface area contributed by atoms with Crippen molar-refractivity contribution in [2.45, 2.75) is 20.3 Å². The Kier molecular flexibility index (Phi) is 4.71. The molecule has 6 heteroatoms. The highest BCUT2D eigenvalue weighted by Gasteiger charge is 2.11. The molecule has 0 fully saturated rings. The maximum Gasteiger partial charge on any atom is 0.338 e. The van der Waals surface area contributed by atoms with Gasteiger partial charge in [-0.2, -0.15) is 5.10 Å². The molecule has 110 valence electrons. The molecule has 0 atom stereocenters. The van der Waals surface area contributed by atoms with Gasteiger partial charge in [0, 0.05) is 11.8 Å². The second-order valence-corrected chi connectivity index (χ2v) is 4.61. The van der Waals surface area contributed by atoms with Crippen molar-refractivity contribution < 1.29 is 14.3 Å². The van der Waals surface area contributed by atoms with Gasteiger partial charge in [0.15, 0.2) is 12.4 Å². The average molecular weight is 287 g/mol. The highest BCUT2D eigenvalue weighted by Crippen LogP contribution is 2.07. The lowest BCUT2D eigenvalue weighted by atomic mass is 10.1. The average Bonchev–Trinajstić information content (AvgIpc) is 2.90. The molecule has 1 aromatic heterocycles. The number of anilines is 1. The summed E-state index contributed by atoms with van der Waals surface area (Å²) < 4.78 is 4.95. The van der Waals surface area contributed by atoms with Gasteiger partial charge in [-0.05, 0) is 31.0 Å². The molecule has 2 N–H and O–H groups in total. The molecule has 1 heterocycles. The fraction of sp³-hybridized carbons (Fsp3) is 0.267. The van der Waals surface area contributed by atoms with E-state index in [0.717, 1.165) is 17.7 Å². The summed E-state index contributed by atoms with van der Waals surface area (Å²) >= 11 is 0. The van der Waals surface area contributed by atoms with Crippen molar-refractivity contribution in [3.63, 3.8) is 0 Å². The quantitative estimate of drug-likeness (QED) is 0.825. The van der Waals surface area contributed by atoms with Crippen LogP contribution in [0.3, 0.4) is 0 Å². The van der Waals surface area contributed by atoms with Crippen molar-refractivity contribution in [2.24, 2.45) is 0 Å². The zero-order valence-electron chi connectivity index (χ0n) is 12.0. The van der Waals surface area contributed by atoms with Gasteiger partial charge in [0.05, 0.1) is 5.56 Å². The number of esters is 1. The molecule has 1 amide bonds. The number of nitrogens with one attached hydrogen (secondary N) is 2. The first-order valence-corrected chi connectivity index (χ1v) is 6.66. The molecule has 2 rings (SSSR count). The van der Waals surface area contributed by atoms with E-state index in [1.54, 1.807) is 18.2 Å². The lowest BCUT2D eigenvalue weighted by molar-refractivity contribution is -0.119. The minimum Gasteiger partial charge on any atom is -0.452 e.